The van der Waals surface area contributed by atoms with Crippen LogP contribution in [0.1, 0.15) is 48.6 Å². The van der Waals surface area contributed by atoms with Crippen LogP contribution in [0.5, 0.6) is 5.75 Å². The van der Waals surface area contributed by atoms with E-state index in [0.717, 1.165) is 92.3 Å². The summed E-state index contributed by atoms with van der Waals surface area (Å²) in [5.41, 5.74) is 4.23. The average molecular weight is 666 g/mol. The molecule has 0 atom stereocenters. The van der Waals surface area contributed by atoms with Crippen LogP contribution >= 0.6 is 0 Å². The fourth-order valence-corrected chi connectivity index (χ4v) is 6.93. The van der Waals surface area contributed by atoms with Crippen LogP contribution in [-0.2, 0) is 4.79 Å². The lowest BCUT2D eigenvalue weighted by atomic mass is 10.2. The Hall–Kier alpha value is -5.17. The van der Waals surface area contributed by atoms with E-state index in [1.54, 1.807) is 30.1 Å². The number of benzene rings is 2. The van der Waals surface area contributed by atoms with Crippen molar-refractivity contribution in [1.29, 1.82) is 0 Å². The highest BCUT2D eigenvalue weighted by Gasteiger charge is 2.27. The number of nitrogens with zero attached hydrogens (tertiary/aromatic N) is 7. The Balaban J connectivity index is 0.891. The third-order valence-corrected chi connectivity index (χ3v) is 9.63. The highest BCUT2D eigenvalue weighted by Crippen LogP contribution is 2.35. The van der Waals surface area contributed by atoms with E-state index in [1.807, 2.05) is 54.6 Å². The second kappa shape index (κ2) is 14.1. The van der Waals surface area contributed by atoms with Crippen molar-refractivity contribution < 1.29 is 19.1 Å². The number of carbonyl (C=O) groups excluding carboxylic acids is 3. The lowest BCUT2D eigenvalue weighted by Gasteiger charge is -2.36. The monoisotopic (exact) mass is 665 g/mol. The zero-order chi connectivity index (χ0) is 33.9. The molecule has 1 saturated carbocycles. The summed E-state index contributed by atoms with van der Waals surface area (Å²) in [5.74, 6) is 1.04. The molecule has 3 fully saturated rings. The standard InChI is InChI=1S/C36H43N9O4/c1-41(2)34(47)31-23-25-24-37-35(40-33(25)45(31)29-5-3-4-6-29)38-26-7-13-30(14-8-26)49-22-21-42-17-19-43(20-18-42)27-9-11-28(12-10-27)44-16-15-32(46)39-36(44)48/h7-14,23-24,29H,3-6,15-22H2,1-2H3,(H,37,38,40)(H,39,46,48). The number of rotatable bonds is 10. The molecule has 4 aromatic rings. The third-order valence-electron chi connectivity index (χ3n) is 9.63. The van der Waals surface area contributed by atoms with Gasteiger partial charge in [0, 0.05) is 94.5 Å². The number of piperazine rings is 1. The van der Waals surface area contributed by atoms with E-state index >= 15 is 0 Å². The summed E-state index contributed by atoms with van der Waals surface area (Å²) in [6.45, 7) is 5.51. The van der Waals surface area contributed by atoms with Crippen LogP contribution in [0.3, 0.4) is 0 Å². The lowest BCUT2D eigenvalue weighted by molar-refractivity contribution is -0.120. The fourth-order valence-electron chi connectivity index (χ4n) is 6.93. The molecule has 0 radical (unpaired) electrons. The number of carbonyl (C=O) groups is 3. The Morgan fingerprint density at radius 3 is 2.37 bits per heavy atom. The molecule has 0 unspecified atom stereocenters. The zero-order valence-electron chi connectivity index (χ0n) is 28.1. The minimum atomic E-state index is -0.365. The van der Waals surface area contributed by atoms with E-state index in [1.165, 1.54) is 0 Å². The number of hydrogen-bond acceptors (Lipinski definition) is 9. The molecule has 2 aliphatic heterocycles. The van der Waals surface area contributed by atoms with Crippen LogP contribution < -0.4 is 25.2 Å². The van der Waals surface area contributed by atoms with E-state index < -0.39 is 0 Å². The van der Waals surface area contributed by atoms with Crippen LogP contribution in [0.4, 0.5) is 27.8 Å². The summed E-state index contributed by atoms with van der Waals surface area (Å²) in [5, 5.41) is 6.56. The molecule has 4 heterocycles. The van der Waals surface area contributed by atoms with Crippen LogP contribution in [0, 0.1) is 0 Å². The number of hydrogen-bond donors (Lipinski definition) is 2. The van der Waals surface area contributed by atoms with Crippen molar-refractivity contribution in [2.24, 2.45) is 0 Å². The molecule has 2 N–H and O–H groups in total. The molecule has 7 rings (SSSR count). The van der Waals surface area contributed by atoms with Crippen LogP contribution in [0.25, 0.3) is 11.0 Å². The van der Waals surface area contributed by atoms with Crippen molar-refractivity contribution >= 4 is 51.9 Å². The summed E-state index contributed by atoms with van der Waals surface area (Å²) in [4.78, 5) is 54.0. The van der Waals surface area contributed by atoms with Gasteiger partial charge in [0.2, 0.25) is 11.9 Å². The second-order valence-corrected chi connectivity index (χ2v) is 13.1. The smallest absolute Gasteiger partial charge is 0.328 e. The number of imide groups is 1. The van der Waals surface area contributed by atoms with Gasteiger partial charge in [-0.1, -0.05) is 12.8 Å². The van der Waals surface area contributed by atoms with E-state index in [2.05, 4.69) is 30.0 Å². The number of nitrogens with one attached hydrogen (secondary N) is 2. The van der Waals surface area contributed by atoms with E-state index in [0.29, 0.717) is 31.2 Å². The maximum atomic E-state index is 13.0. The molecule has 3 aliphatic rings. The SMILES string of the molecule is CN(C)C(=O)c1cc2cnc(Nc3ccc(OCCN4CCN(c5ccc(N6CCC(=O)NC6=O)cc5)CC4)cc3)nc2n1C1CCCC1. The number of ether oxygens (including phenoxy) is 1. The van der Waals surface area contributed by atoms with Crippen molar-refractivity contribution in [2.45, 2.75) is 38.1 Å². The van der Waals surface area contributed by atoms with Crippen molar-refractivity contribution in [1.82, 2.24) is 29.7 Å². The van der Waals surface area contributed by atoms with Crippen molar-refractivity contribution in [3.8, 4) is 5.75 Å². The first kappa shape index (κ1) is 32.4. The largest absolute Gasteiger partial charge is 0.492 e. The molecular weight excluding hydrogens is 622 g/mol. The lowest BCUT2D eigenvalue weighted by Crippen LogP contribution is -2.49. The van der Waals surface area contributed by atoms with Gasteiger partial charge in [-0.2, -0.15) is 4.98 Å². The van der Waals surface area contributed by atoms with E-state index in [4.69, 9.17) is 9.72 Å². The minimum absolute atomic E-state index is 0.0217. The molecular formula is C36H43N9O4. The molecule has 256 valence electrons. The van der Waals surface area contributed by atoms with Gasteiger partial charge in [-0.25, -0.2) is 9.78 Å². The van der Waals surface area contributed by atoms with Crippen molar-refractivity contribution in [3.63, 3.8) is 0 Å². The maximum absolute atomic E-state index is 13.0. The van der Waals surface area contributed by atoms with Crippen LogP contribution in [0.15, 0.2) is 60.8 Å². The number of fused-ring (bicyclic) bond motifs is 1. The summed E-state index contributed by atoms with van der Waals surface area (Å²) in [7, 11) is 3.56. The van der Waals surface area contributed by atoms with Gasteiger partial charge in [0.15, 0.2) is 0 Å². The van der Waals surface area contributed by atoms with Crippen LogP contribution in [0.2, 0.25) is 0 Å². The van der Waals surface area contributed by atoms with E-state index in [-0.39, 0.29) is 23.9 Å². The Morgan fingerprint density at radius 1 is 0.959 bits per heavy atom. The first-order chi connectivity index (χ1) is 23.8. The Labute approximate surface area is 285 Å². The number of aromatic nitrogens is 3. The average Bonchev–Trinajstić information content (AvgIpc) is 3.77. The van der Waals surface area contributed by atoms with Gasteiger partial charge >= 0.3 is 6.03 Å². The molecule has 13 nitrogen and oxygen atoms in total. The third kappa shape index (κ3) is 7.16. The highest BCUT2D eigenvalue weighted by atomic mass is 16.5. The number of urea groups is 1. The summed E-state index contributed by atoms with van der Waals surface area (Å²) < 4.78 is 8.20. The molecule has 49 heavy (non-hydrogen) atoms. The zero-order valence-corrected chi connectivity index (χ0v) is 28.1. The van der Waals surface area contributed by atoms with Crippen molar-refractivity contribution in [3.05, 3.63) is 66.5 Å². The minimum Gasteiger partial charge on any atom is -0.492 e. The van der Waals surface area contributed by atoms with E-state index in [9.17, 15) is 14.4 Å². The highest BCUT2D eigenvalue weighted by molar-refractivity contribution is 6.05. The Bertz CT molecular complexity index is 1810. The molecule has 0 spiro atoms. The number of anilines is 4. The summed E-state index contributed by atoms with van der Waals surface area (Å²) in [6.07, 6.45) is 6.51. The molecule has 1 aliphatic carbocycles. The first-order valence-electron chi connectivity index (χ1n) is 17.1. The fraction of sp³-hybridized carbons (Fsp3) is 0.417. The van der Waals surface area contributed by atoms with Gasteiger partial charge in [0.05, 0.1) is 0 Å². The second-order valence-electron chi connectivity index (χ2n) is 13.1. The summed E-state index contributed by atoms with van der Waals surface area (Å²) >= 11 is 0. The molecule has 0 bridgehead atoms. The maximum Gasteiger partial charge on any atom is 0.328 e. The Kier molecular flexibility index (Phi) is 9.34. The van der Waals surface area contributed by atoms with Gasteiger partial charge in [-0.3, -0.25) is 24.7 Å². The molecule has 2 saturated heterocycles. The normalized spacial score (nSPS) is 17.4. The van der Waals surface area contributed by atoms with Gasteiger partial charge in [0.25, 0.3) is 5.91 Å². The van der Waals surface area contributed by atoms with Crippen LogP contribution in [-0.4, -0.2) is 102 Å². The molecule has 2 aromatic carbocycles. The Morgan fingerprint density at radius 2 is 1.67 bits per heavy atom. The van der Waals surface area contributed by atoms with Gasteiger partial charge in [-0.15, -0.1) is 0 Å². The molecule has 13 heteroatoms. The van der Waals surface area contributed by atoms with Gasteiger partial charge < -0.3 is 24.4 Å². The van der Waals surface area contributed by atoms with Gasteiger partial charge in [0.1, 0.15) is 23.7 Å². The first-order valence-corrected chi connectivity index (χ1v) is 17.1. The number of amides is 4. The summed E-state index contributed by atoms with van der Waals surface area (Å²) in [6, 6.07) is 17.6. The predicted octanol–water partition coefficient (Wildman–Crippen LogP) is 4.64. The topological polar surface area (TPSA) is 128 Å². The van der Waals surface area contributed by atoms with Crippen molar-refractivity contribution in [2.75, 3.05) is 75.1 Å². The quantitative estimate of drug-likeness (QED) is 0.249. The molecule has 4 amide bonds. The molecule has 2 aromatic heterocycles. The van der Waals surface area contributed by atoms with Gasteiger partial charge in [-0.05, 0) is 67.4 Å². The predicted molar refractivity (Wildman–Crippen MR) is 189 cm³/mol.